The molecule has 1 aliphatic heterocycles. The van der Waals surface area contributed by atoms with E-state index < -0.39 is 11.9 Å². The summed E-state index contributed by atoms with van der Waals surface area (Å²) in [5.41, 5.74) is 2.25. The van der Waals surface area contributed by atoms with E-state index in [4.69, 9.17) is 16.1 Å². The zero-order valence-electron chi connectivity index (χ0n) is 14.4. The van der Waals surface area contributed by atoms with Gasteiger partial charge in [0.15, 0.2) is 0 Å². The lowest BCUT2D eigenvalue weighted by molar-refractivity contribution is 0.144. The number of imidazole rings is 1. The van der Waals surface area contributed by atoms with Gasteiger partial charge in [-0.1, -0.05) is 16.8 Å². The van der Waals surface area contributed by atoms with Gasteiger partial charge in [-0.05, 0) is 25.1 Å². The van der Waals surface area contributed by atoms with Crippen LogP contribution in [-0.4, -0.2) is 37.6 Å². The maximum Gasteiger partial charge on any atom is 0.318 e. The number of nitrogens with one attached hydrogen (secondary N) is 2. The van der Waals surface area contributed by atoms with Gasteiger partial charge < -0.3 is 19.7 Å². The normalized spacial score (nSPS) is 16.3. The first-order chi connectivity index (χ1) is 13.1. The first-order valence-corrected chi connectivity index (χ1v) is 8.79. The van der Waals surface area contributed by atoms with Crippen molar-refractivity contribution in [2.24, 2.45) is 0 Å². The van der Waals surface area contributed by atoms with Gasteiger partial charge in [0.1, 0.15) is 11.9 Å². The summed E-state index contributed by atoms with van der Waals surface area (Å²) in [7, 11) is 0. The summed E-state index contributed by atoms with van der Waals surface area (Å²) in [6.45, 7) is 2.70. The summed E-state index contributed by atoms with van der Waals surface area (Å²) in [5, 5.41) is 6.73. The van der Waals surface area contributed by atoms with Gasteiger partial charge in [0.25, 0.3) is 0 Å². The lowest BCUT2D eigenvalue weighted by Crippen LogP contribution is -2.44. The van der Waals surface area contributed by atoms with Crippen molar-refractivity contribution in [2.75, 3.05) is 6.54 Å². The highest BCUT2D eigenvalue weighted by Crippen LogP contribution is 2.32. The molecule has 3 aromatic rings. The van der Waals surface area contributed by atoms with Crippen molar-refractivity contribution in [3.8, 4) is 11.4 Å². The smallest absolute Gasteiger partial charge is 0.318 e. The van der Waals surface area contributed by atoms with Crippen LogP contribution in [0, 0.1) is 5.82 Å². The van der Waals surface area contributed by atoms with Crippen molar-refractivity contribution in [1.29, 1.82) is 0 Å². The standard InChI is InChI=1S/C17H16ClFN6O2/c1-2-20-17(26)25-7-13-12(21-8-22-13)6-14(25)16-23-15(24-27-16)9-3-4-11(19)10(18)5-9/h3-5,8,14H,2,6-7H2,1H3,(H,20,26)(H,21,22)/t14-/m0/s1. The van der Waals surface area contributed by atoms with Crippen LogP contribution in [0.1, 0.15) is 30.2 Å². The van der Waals surface area contributed by atoms with Crippen LogP contribution in [-0.2, 0) is 13.0 Å². The summed E-state index contributed by atoms with van der Waals surface area (Å²) in [6, 6.07) is 3.51. The molecule has 2 amide bonds. The van der Waals surface area contributed by atoms with Crippen LogP contribution < -0.4 is 5.32 Å². The first-order valence-electron chi connectivity index (χ1n) is 8.41. The number of urea groups is 1. The van der Waals surface area contributed by atoms with Crippen LogP contribution in [0.2, 0.25) is 5.02 Å². The fraction of sp³-hybridized carbons (Fsp3) is 0.294. The molecule has 3 heterocycles. The minimum atomic E-state index is -0.523. The van der Waals surface area contributed by atoms with Crippen LogP contribution in [0.15, 0.2) is 29.0 Å². The topological polar surface area (TPSA) is 99.9 Å². The van der Waals surface area contributed by atoms with Crippen molar-refractivity contribution in [3.05, 3.63) is 52.6 Å². The number of H-pyrrole nitrogens is 1. The van der Waals surface area contributed by atoms with E-state index in [0.29, 0.717) is 25.1 Å². The van der Waals surface area contributed by atoms with E-state index in [-0.39, 0.29) is 22.8 Å². The summed E-state index contributed by atoms with van der Waals surface area (Å²) in [4.78, 5) is 25.9. The third-order valence-corrected chi connectivity index (χ3v) is 4.68. The summed E-state index contributed by atoms with van der Waals surface area (Å²) in [5.74, 6) is 0.0332. The first kappa shape index (κ1) is 17.5. The molecule has 27 heavy (non-hydrogen) atoms. The minimum absolute atomic E-state index is 0.0263. The van der Waals surface area contributed by atoms with Gasteiger partial charge in [0, 0.05) is 18.5 Å². The molecule has 0 aliphatic carbocycles. The highest BCUT2D eigenvalue weighted by atomic mass is 35.5. The van der Waals surface area contributed by atoms with Crippen molar-refractivity contribution in [3.63, 3.8) is 0 Å². The number of nitrogens with zero attached hydrogens (tertiary/aromatic N) is 4. The maximum absolute atomic E-state index is 13.4. The number of fused-ring (bicyclic) bond motifs is 1. The Labute approximate surface area is 158 Å². The van der Waals surface area contributed by atoms with Crippen LogP contribution in [0.3, 0.4) is 0 Å². The fourth-order valence-electron chi connectivity index (χ4n) is 3.05. The average molecular weight is 391 g/mol. The Morgan fingerprint density at radius 1 is 1.52 bits per heavy atom. The third-order valence-electron chi connectivity index (χ3n) is 4.39. The van der Waals surface area contributed by atoms with E-state index in [0.717, 1.165) is 11.4 Å². The highest BCUT2D eigenvalue weighted by Gasteiger charge is 2.36. The molecule has 0 bridgehead atoms. The van der Waals surface area contributed by atoms with Crippen LogP contribution in [0.5, 0.6) is 0 Å². The largest absolute Gasteiger partial charge is 0.347 e. The van der Waals surface area contributed by atoms with E-state index in [2.05, 4.69) is 25.4 Å². The number of hydrogen-bond donors (Lipinski definition) is 2. The van der Waals surface area contributed by atoms with Gasteiger partial charge >= 0.3 is 6.03 Å². The predicted molar refractivity (Wildman–Crippen MR) is 94.4 cm³/mol. The van der Waals surface area contributed by atoms with Crippen molar-refractivity contribution < 1.29 is 13.7 Å². The third kappa shape index (κ3) is 3.25. The van der Waals surface area contributed by atoms with Gasteiger partial charge in [-0.15, -0.1) is 0 Å². The van der Waals surface area contributed by atoms with E-state index in [1.807, 2.05) is 6.92 Å². The van der Waals surface area contributed by atoms with Gasteiger partial charge in [0.05, 0.1) is 29.3 Å². The molecule has 4 rings (SSSR count). The van der Waals surface area contributed by atoms with E-state index >= 15 is 0 Å². The number of rotatable bonds is 3. The lowest BCUT2D eigenvalue weighted by atomic mass is 10.0. The Hall–Kier alpha value is -2.94. The van der Waals surface area contributed by atoms with E-state index in [1.165, 1.54) is 18.2 Å². The molecule has 10 heteroatoms. The number of carbonyl (C=O) groups is 1. The van der Waals surface area contributed by atoms with Crippen LogP contribution >= 0.6 is 11.6 Å². The summed E-state index contributed by atoms with van der Waals surface area (Å²) < 4.78 is 18.8. The quantitative estimate of drug-likeness (QED) is 0.715. The molecular weight excluding hydrogens is 375 g/mol. The second-order valence-corrected chi connectivity index (χ2v) is 6.50. The Balaban J connectivity index is 1.67. The lowest BCUT2D eigenvalue weighted by Gasteiger charge is -2.32. The van der Waals surface area contributed by atoms with Crippen molar-refractivity contribution in [2.45, 2.75) is 25.9 Å². The Morgan fingerprint density at radius 3 is 3.15 bits per heavy atom. The van der Waals surface area contributed by atoms with E-state index in [1.54, 1.807) is 11.2 Å². The number of aromatic amines is 1. The average Bonchev–Trinajstić information content (AvgIpc) is 3.31. The maximum atomic E-state index is 13.4. The molecule has 1 aromatic carbocycles. The zero-order valence-corrected chi connectivity index (χ0v) is 15.1. The number of hydrogen-bond acceptors (Lipinski definition) is 5. The number of amides is 2. The molecule has 140 valence electrons. The number of halogens is 2. The Morgan fingerprint density at radius 2 is 2.37 bits per heavy atom. The number of aromatic nitrogens is 4. The summed E-state index contributed by atoms with van der Waals surface area (Å²) in [6.07, 6.45) is 2.05. The zero-order chi connectivity index (χ0) is 19.0. The van der Waals surface area contributed by atoms with E-state index in [9.17, 15) is 9.18 Å². The second-order valence-electron chi connectivity index (χ2n) is 6.10. The molecular formula is C17H16ClFN6O2. The van der Waals surface area contributed by atoms with Gasteiger partial charge in [-0.2, -0.15) is 4.98 Å². The van der Waals surface area contributed by atoms with Gasteiger partial charge in [-0.25, -0.2) is 14.2 Å². The molecule has 0 saturated carbocycles. The molecule has 0 spiro atoms. The predicted octanol–water partition coefficient (Wildman–Crippen LogP) is 3.08. The molecule has 8 nitrogen and oxygen atoms in total. The minimum Gasteiger partial charge on any atom is -0.347 e. The number of carbonyl (C=O) groups excluding carboxylic acids is 1. The molecule has 0 radical (unpaired) electrons. The highest BCUT2D eigenvalue weighted by molar-refractivity contribution is 6.31. The Bertz CT molecular complexity index is 987. The molecule has 2 aromatic heterocycles. The van der Waals surface area contributed by atoms with Gasteiger partial charge in [-0.3, -0.25) is 0 Å². The molecule has 2 N–H and O–H groups in total. The molecule has 0 fully saturated rings. The Kier molecular flexibility index (Phi) is 4.53. The molecule has 0 unspecified atom stereocenters. The SMILES string of the molecule is CCNC(=O)N1Cc2[nH]cnc2C[C@H]1c1nc(-c2ccc(F)c(Cl)c2)no1. The van der Waals surface area contributed by atoms with Gasteiger partial charge in [0.2, 0.25) is 11.7 Å². The monoisotopic (exact) mass is 390 g/mol. The van der Waals surface area contributed by atoms with Crippen LogP contribution in [0.4, 0.5) is 9.18 Å². The van der Waals surface area contributed by atoms with Crippen molar-refractivity contribution >= 4 is 17.6 Å². The summed E-state index contributed by atoms with van der Waals surface area (Å²) >= 11 is 5.83. The second kappa shape index (κ2) is 6.99. The van der Waals surface area contributed by atoms with Crippen molar-refractivity contribution in [1.82, 2.24) is 30.3 Å². The van der Waals surface area contributed by atoms with Crippen LogP contribution in [0.25, 0.3) is 11.4 Å². The fourth-order valence-corrected chi connectivity index (χ4v) is 3.23. The molecule has 1 atom stereocenters. The number of benzene rings is 1. The molecule has 1 aliphatic rings. The molecule has 0 saturated heterocycles.